The third kappa shape index (κ3) is 1.66. The summed E-state index contributed by atoms with van der Waals surface area (Å²) >= 11 is 0. The maximum atomic E-state index is 2.49. The Balaban J connectivity index is 2.71. The average molecular weight is 169 g/mol. The second kappa shape index (κ2) is 3.02. The van der Waals surface area contributed by atoms with Crippen molar-refractivity contribution in [3.05, 3.63) is 0 Å². The molecule has 1 saturated heterocycles. The summed E-state index contributed by atoms with van der Waals surface area (Å²) in [6.45, 7) is 13.1. The van der Waals surface area contributed by atoms with Crippen LogP contribution in [0.1, 0.15) is 34.6 Å². The Hall–Kier alpha value is -0.0400. The van der Waals surface area contributed by atoms with Crippen LogP contribution in [0.4, 0.5) is 0 Å². The highest BCUT2D eigenvalue weighted by atomic mass is 15.2. The first kappa shape index (κ1) is 10.0. The molecular weight excluding hydrogens is 146 g/mol. The topological polar surface area (TPSA) is 3.24 Å². The second-order valence-corrected chi connectivity index (χ2v) is 5.51. The Morgan fingerprint density at radius 2 is 1.67 bits per heavy atom. The van der Waals surface area contributed by atoms with Gasteiger partial charge in [-0.3, -0.25) is 0 Å². The molecule has 72 valence electrons. The van der Waals surface area contributed by atoms with Gasteiger partial charge in [-0.15, -0.1) is 0 Å². The predicted octanol–water partition coefficient (Wildman–Crippen LogP) is 2.62. The Bertz CT molecular complexity index is 157. The molecular formula is C11H23N. The van der Waals surface area contributed by atoms with E-state index >= 15 is 0 Å². The molecule has 0 aromatic heterocycles. The molecule has 0 radical (unpaired) electrons. The Morgan fingerprint density at radius 3 is 1.83 bits per heavy atom. The van der Waals surface area contributed by atoms with E-state index in [1.807, 2.05) is 0 Å². The second-order valence-electron chi connectivity index (χ2n) is 5.51. The molecule has 0 spiro atoms. The van der Waals surface area contributed by atoms with Crippen LogP contribution < -0.4 is 0 Å². The van der Waals surface area contributed by atoms with Gasteiger partial charge in [0.25, 0.3) is 0 Å². The normalized spacial score (nSPS) is 39.0. The minimum absolute atomic E-state index is 0.471. The molecule has 1 heteroatoms. The summed E-state index contributed by atoms with van der Waals surface area (Å²) in [5, 5.41) is 0. The largest absolute Gasteiger partial charge is 0.303 e. The fourth-order valence-electron chi connectivity index (χ4n) is 2.44. The first-order valence-corrected chi connectivity index (χ1v) is 5.04. The van der Waals surface area contributed by atoms with Gasteiger partial charge in [0, 0.05) is 12.6 Å². The zero-order valence-corrected chi connectivity index (χ0v) is 9.39. The molecule has 1 aliphatic rings. The van der Waals surface area contributed by atoms with Crippen LogP contribution in [-0.4, -0.2) is 24.5 Å². The van der Waals surface area contributed by atoms with Gasteiger partial charge in [0.15, 0.2) is 0 Å². The first-order chi connectivity index (χ1) is 5.34. The summed E-state index contributed by atoms with van der Waals surface area (Å²) in [5.41, 5.74) is 0.471. The standard InChI is InChI=1S/C11H23N/c1-8-9(2)12(6)7-10(8)11(3,4)5/h8-10H,7H2,1-6H3. The summed E-state index contributed by atoms with van der Waals surface area (Å²) in [7, 11) is 2.24. The van der Waals surface area contributed by atoms with Gasteiger partial charge in [0.1, 0.15) is 0 Å². The van der Waals surface area contributed by atoms with E-state index < -0.39 is 0 Å². The molecule has 0 aliphatic carbocycles. The molecule has 1 aliphatic heterocycles. The summed E-state index contributed by atoms with van der Waals surface area (Å²) in [6, 6.07) is 0.759. The molecule has 3 atom stereocenters. The van der Waals surface area contributed by atoms with Crippen LogP contribution in [0, 0.1) is 17.3 Å². The summed E-state index contributed by atoms with van der Waals surface area (Å²) in [6.07, 6.45) is 0. The van der Waals surface area contributed by atoms with E-state index in [4.69, 9.17) is 0 Å². The summed E-state index contributed by atoms with van der Waals surface area (Å²) in [5.74, 6) is 1.70. The van der Waals surface area contributed by atoms with E-state index in [0.29, 0.717) is 5.41 Å². The Morgan fingerprint density at radius 1 is 1.17 bits per heavy atom. The number of rotatable bonds is 0. The smallest absolute Gasteiger partial charge is 0.00929 e. The molecule has 0 amide bonds. The Kier molecular flexibility index (Phi) is 2.53. The lowest BCUT2D eigenvalue weighted by Crippen LogP contribution is -2.27. The maximum absolute atomic E-state index is 2.49. The molecule has 0 aromatic rings. The van der Waals surface area contributed by atoms with Crippen LogP contribution >= 0.6 is 0 Å². The average Bonchev–Trinajstić information content (AvgIpc) is 2.15. The molecule has 1 nitrogen and oxygen atoms in total. The minimum atomic E-state index is 0.471. The Labute approximate surface area is 77.1 Å². The molecule has 0 saturated carbocycles. The molecule has 12 heavy (non-hydrogen) atoms. The molecule has 1 fully saturated rings. The van der Waals surface area contributed by atoms with Crippen LogP contribution in [0.2, 0.25) is 0 Å². The van der Waals surface area contributed by atoms with Gasteiger partial charge in [-0.25, -0.2) is 0 Å². The van der Waals surface area contributed by atoms with Crippen LogP contribution in [0.15, 0.2) is 0 Å². The highest BCUT2D eigenvalue weighted by molar-refractivity contribution is 4.91. The van der Waals surface area contributed by atoms with Gasteiger partial charge in [-0.1, -0.05) is 27.7 Å². The maximum Gasteiger partial charge on any atom is 0.00929 e. The summed E-state index contributed by atoms with van der Waals surface area (Å²) in [4.78, 5) is 2.49. The van der Waals surface area contributed by atoms with Gasteiger partial charge < -0.3 is 4.90 Å². The van der Waals surface area contributed by atoms with Crippen molar-refractivity contribution < 1.29 is 0 Å². The van der Waals surface area contributed by atoms with Crippen LogP contribution in [0.5, 0.6) is 0 Å². The van der Waals surface area contributed by atoms with E-state index in [0.717, 1.165) is 17.9 Å². The van der Waals surface area contributed by atoms with Crippen molar-refractivity contribution in [3.8, 4) is 0 Å². The predicted molar refractivity (Wildman–Crippen MR) is 54.2 cm³/mol. The van der Waals surface area contributed by atoms with Gasteiger partial charge in [0.2, 0.25) is 0 Å². The third-order valence-corrected chi connectivity index (χ3v) is 3.69. The number of nitrogens with zero attached hydrogens (tertiary/aromatic N) is 1. The monoisotopic (exact) mass is 169 g/mol. The van der Waals surface area contributed by atoms with E-state index in [2.05, 4.69) is 46.6 Å². The van der Waals surface area contributed by atoms with Crippen molar-refractivity contribution in [2.45, 2.75) is 40.7 Å². The minimum Gasteiger partial charge on any atom is -0.303 e. The zero-order valence-electron chi connectivity index (χ0n) is 9.39. The fourth-order valence-corrected chi connectivity index (χ4v) is 2.44. The molecule has 0 N–H and O–H groups in total. The van der Waals surface area contributed by atoms with Gasteiger partial charge in [-0.2, -0.15) is 0 Å². The number of hydrogen-bond donors (Lipinski definition) is 0. The van der Waals surface area contributed by atoms with Crippen LogP contribution in [0.25, 0.3) is 0 Å². The third-order valence-electron chi connectivity index (χ3n) is 3.69. The van der Waals surface area contributed by atoms with Crippen molar-refractivity contribution in [3.63, 3.8) is 0 Å². The number of likely N-dealkylation sites (tertiary alicyclic amines) is 1. The van der Waals surface area contributed by atoms with E-state index in [-0.39, 0.29) is 0 Å². The molecule has 0 aromatic carbocycles. The van der Waals surface area contributed by atoms with E-state index in [9.17, 15) is 0 Å². The van der Waals surface area contributed by atoms with Crippen molar-refractivity contribution in [1.29, 1.82) is 0 Å². The van der Waals surface area contributed by atoms with Gasteiger partial charge in [0.05, 0.1) is 0 Å². The fraction of sp³-hybridized carbons (Fsp3) is 1.00. The lowest BCUT2D eigenvalue weighted by Gasteiger charge is -2.30. The zero-order chi connectivity index (χ0) is 9.52. The molecule has 1 heterocycles. The quantitative estimate of drug-likeness (QED) is 0.539. The summed E-state index contributed by atoms with van der Waals surface area (Å²) < 4.78 is 0. The lowest BCUT2D eigenvalue weighted by atomic mass is 9.74. The van der Waals surface area contributed by atoms with Crippen molar-refractivity contribution >= 4 is 0 Å². The van der Waals surface area contributed by atoms with Crippen LogP contribution in [-0.2, 0) is 0 Å². The van der Waals surface area contributed by atoms with Gasteiger partial charge in [-0.05, 0) is 31.2 Å². The molecule has 3 unspecified atom stereocenters. The van der Waals surface area contributed by atoms with Gasteiger partial charge >= 0.3 is 0 Å². The van der Waals surface area contributed by atoms with Crippen molar-refractivity contribution in [1.82, 2.24) is 4.90 Å². The first-order valence-electron chi connectivity index (χ1n) is 5.04. The van der Waals surface area contributed by atoms with Crippen molar-refractivity contribution in [2.75, 3.05) is 13.6 Å². The van der Waals surface area contributed by atoms with Crippen molar-refractivity contribution in [2.24, 2.45) is 17.3 Å². The highest BCUT2D eigenvalue weighted by Crippen LogP contribution is 2.39. The van der Waals surface area contributed by atoms with E-state index in [1.165, 1.54) is 6.54 Å². The number of hydrogen-bond acceptors (Lipinski definition) is 1. The lowest BCUT2D eigenvalue weighted by molar-refractivity contribution is 0.203. The highest BCUT2D eigenvalue weighted by Gasteiger charge is 2.40. The molecule has 0 bridgehead atoms. The van der Waals surface area contributed by atoms with E-state index in [1.54, 1.807) is 0 Å². The molecule has 1 rings (SSSR count). The SMILES string of the molecule is CC1C(C)N(C)CC1C(C)(C)C. The van der Waals surface area contributed by atoms with Crippen LogP contribution in [0.3, 0.4) is 0 Å².